The van der Waals surface area contributed by atoms with Crippen molar-refractivity contribution in [3.63, 3.8) is 0 Å². The molecule has 0 aliphatic rings. The van der Waals surface area contributed by atoms with Crippen molar-refractivity contribution in [1.82, 2.24) is 9.38 Å². The number of hydrogen-bond acceptors (Lipinski definition) is 3. The van der Waals surface area contributed by atoms with Crippen molar-refractivity contribution >= 4 is 39.1 Å². The highest BCUT2D eigenvalue weighted by Gasteiger charge is 2.06. The van der Waals surface area contributed by atoms with Crippen LogP contribution in [0.3, 0.4) is 0 Å². The van der Waals surface area contributed by atoms with Gasteiger partial charge in [-0.3, -0.25) is 4.40 Å². The third-order valence-electron chi connectivity index (χ3n) is 2.46. The number of thiol groups is 1. The number of aryl methyl sites for hydroxylation is 1. The van der Waals surface area contributed by atoms with Gasteiger partial charge in [-0.05, 0) is 24.6 Å². The molecule has 0 radical (unpaired) electrons. The Morgan fingerprint density at radius 3 is 3.13 bits per heavy atom. The first-order valence-corrected chi connectivity index (χ1v) is 6.21. The van der Waals surface area contributed by atoms with Crippen LogP contribution in [0, 0.1) is 6.92 Å². The molecule has 0 fully saturated rings. The molecular formula is C11H10N2S2. The van der Waals surface area contributed by atoms with E-state index in [2.05, 4.69) is 46.4 Å². The first-order valence-electron chi connectivity index (χ1n) is 4.76. The summed E-state index contributed by atoms with van der Waals surface area (Å²) in [7, 11) is 0. The van der Waals surface area contributed by atoms with E-state index in [1.165, 1.54) is 15.8 Å². The Bertz CT molecular complexity index is 636. The maximum Gasteiger partial charge on any atom is 0.194 e. The van der Waals surface area contributed by atoms with Gasteiger partial charge in [0, 0.05) is 11.9 Å². The van der Waals surface area contributed by atoms with Crippen molar-refractivity contribution in [2.75, 3.05) is 0 Å². The van der Waals surface area contributed by atoms with Gasteiger partial charge in [0.05, 0.1) is 15.9 Å². The predicted molar refractivity (Wildman–Crippen MR) is 68.0 cm³/mol. The molecule has 3 aromatic rings. The van der Waals surface area contributed by atoms with Gasteiger partial charge in [-0.25, -0.2) is 4.98 Å². The van der Waals surface area contributed by atoms with Gasteiger partial charge in [-0.2, -0.15) is 12.6 Å². The van der Waals surface area contributed by atoms with Crippen molar-refractivity contribution < 1.29 is 0 Å². The van der Waals surface area contributed by atoms with Crippen molar-refractivity contribution in [1.29, 1.82) is 0 Å². The fourth-order valence-electron chi connectivity index (χ4n) is 1.76. The second kappa shape index (κ2) is 3.25. The molecule has 2 heterocycles. The van der Waals surface area contributed by atoms with E-state index in [0.717, 1.165) is 16.4 Å². The Morgan fingerprint density at radius 2 is 2.33 bits per heavy atom. The first kappa shape index (κ1) is 9.24. The average molecular weight is 234 g/mol. The van der Waals surface area contributed by atoms with Gasteiger partial charge in [-0.1, -0.05) is 17.4 Å². The number of thiazole rings is 1. The molecule has 2 aromatic heterocycles. The van der Waals surface area contributed by atoms with Crippen LogP contribution in [-0.2, 0) is 5.75 Å². The van der Waals surface area contributed by atoms with Gasteiger partial charge in [0.15, 0.2) is 4.96 Å². The highest BCUT2D eigenvalue weighted by atomic mass is 32.1. The standard InChI is InChI=1S/C11H10N2S2/c1-7-5-13-9-3-2-8(6-14)4-10(9)15-11(13)12-7/h2-5,14H,6H2,1H3. The minimum absolute atomic E-state index is 0.787. The van der Waals surface area contributed by atoms with Gasteiger partial charge >= 0.3 is 0 Å². The Balaban J connectivity index is 2.40. The molecular weight excluding hydrogens is 224 g/mol. The zero-order valence-corrected chi connectivity index (χ0v) is 9.98. The Morgan fingerprint density at radius 1 is 1.47 bits per heavy atom. The Kier molecular flexibility index (Phi) is 2.00. The molecule has 1 aromatic carbocycles. The van der Waals surface area contributed by atoms with Crippen molar-refractivity contribution in [3.05, 3.63) is 35.7 Å². The van der Waals surface area contributed by atoms with Crippen LogP contribution < -0.4 is 0 Å². The zero-order valence-electron chi connectivity index (χ0n) is 8.27. The molecule has 4 heteroatoms. The molecule has 0 aliphatic heterocycles. The number of benzene rings is 1. The molecule has 76 valence electrons. The molecule has 2 nitrogen and oxygen atoms in total. The second-order valence-corrected chi connectivity index (χ2v) is 4.92. The van der Waals surface area contributed by atoms with E-state index in [1.54, 1.807) is 11.3 Å². The Hall–Kier alpha value is -1.00. The van der Waals surface area contributed by atoms with Crippen LogP contribution >= 0.6 is 24.0 Å². The maximum absolute atomic E-state index is 4.47. The minimum Gasteiger partial charge on any atom is -0.290 e. The molecule has 0 aliphatic carbocycles. The van der Waals surface area contributed by atoms with Crippen molar-refractivity contribution in [2.45, 2.75) is 12.7 Å². The van der Waals surface area contributed by atoms with Crippen LogP contribution in [0.15, 0.2) is 24.4 Å². The number of nitrogens with zero attached hydrogens (tertiary/aromatic N) is 2. The SMILES string of the molecule is Cc1cn2c(n1)sc1cc(CS)ccc12. The lowest BCUT2D eigenvalue weighted by Gasteiger charge is -1.95. The van der Waals surface area contributed by atoms with Crippen molar-refractivity contribution in [3.8, 4) is 0 Å². The molecule has 0 amide bonds. The summed E-state index contributed by atoms with van der Waals surface area (Å²) in [5, 5.41) is 0. The highest BCUT2D eigenvalue weighted by molar-refractivity contribution is 7.79. The Labute approximate surface area is 97.0 Å². The van der Waals surface area contributed by atoms with E-state index in [0.29, 0.717) is 0 Å². The number of hydrogen-bond donors (Lipinski definition) is 1. The molecule has 3 rings (SSSR count). The van der Waals surface area contributed by atoms with E-state index < -0.39 is 0 Å². The van der Waals surface area contributed by atoms with E-state index in [-0.39, 0.29) is 0 Å². The number of imidazole rings is 1. The smallest absolute Gasteiger partial charge is 0.194 e. The van der Waals surface area contributed by atoms with Crippen LogP contribution in [0.4, 0.5) is 0 Å². The lowest BCUT2D eigenvalue weighted by Crippen LogP contribution is -1.79. The fraction of sp³-hybridized carbons (Fsp3) is 0.182. The molecule has 0 saturated heterocycles. The van der Waals surface area contributed by atoms with Crippen LogP contribution in [0.2, 0.25) is 0 Å². The van der Waals surface area contributed by atoms with Crippen LogP contribution in [0.25, 0.3) is 15.2 Å². The summed E-state index contributed by atoms with van der Waals surface area (Å²) in [6, 6.07) is 6.46. The van der Waals surface area contributed by atoms with Gasteiger partial charge < -0.3 is 0 Å². The van der Waals surface area contributed by atoms with Gasteiger partial charge in [0.1, 0.15) is 0 Å². The summed E-state index contributed by atoms with van der Waals surface area (Å²) in [4.78, 5) is 5.54. The number of aromatic nitrogens is 2. The lowest BCUT2D eigenvalue weighted by molar-refractivity contribution is 1.27. The van der Waals surface area contributed by atoms with Crippen LogP contribution in [0.1, 0.15) is 11.3 Å². The molecule has 15 heavy (non-hydrogen) atoms. The third-order valence-corrected chi connectivity index (χ3v) is 3.84. The van der Waals surface area contributed by atoms with E-state index in [1.807, 2.05) is 6.92 Å². The monoisotopic (exact) mass is 234 g/mol. The maximum atomic E-state index is 4.47. The summed E-state index contributed by atoms with van der Waals surface area (Å²) < 4.78 is 3.43. The quantitative estimate of drug-likeness (QED) is 0.639. The third kappa shape index (κ3) is 1.36. The zero-order chi connectivity index (χ0) is 10.4. The molecule has 0 atom stereocenters. The summed E-state index contributed by atoms with van der Waals surface area (Å²) in [6.45, 7) is 2.02. The highest BCUT2D eigenvalue weighted by Crippen LogP contribution is 2.27. The lowest BCUT2D eigenvalue weighted by atomic mass is 10.2. The van der Waals surface area contributed by atoms with E-state index in [9.17, 15) is 0 Å². The van der Waals surface area contributed by atoms with E-state index in [4.69, 9.17) is 0 Å². The van der Waals surface area contributed by atoms with Gasteiger partial charge in [0.2, 0.25) is 0 Å². The van der Waals surface area contributed by atoms with Gasteiger partial charge in [0.25, 0.3) is 0 Å². The largest absolute Gasteiger partial charge is 0.290 e. The normalized spacial score (nSPS) is 11.6. The number of rotatable bonds is 1. The molecule has 0 saturated carbocycles. The summed E-state index contributed by atoms with van der Waals surface area (Å²) >= 11 is 6.01. The first-order chi connectivity index (χ1) is 7.28. The number of fused-ring (bicyclic) bond motifs is 3. The van der Waals surface area contributed by atoms with E-state index >= 15 is 0 Å². The molecule has 0 N–H and O–H groups in total. The second-order valence-electron chi connectivity index (χ2n) is 3.60. The topological polar surface area (TPSA) is 17.3 Å². The molecule has 0 bridgehead atoms. The fourth-order valence-corrected chi connectivity index (χ4v) is 3.07. The van der Waals surface area contributed by atoms with Crippen LogP contribution in [-0.4, -0.2) is 9.38 Å². The van der Waals surface area contributed by atoms with Crippen LogP contribution in [0.5, 0.6) is 0 Å². The predicted octanol–water partition coefficient (Wildman–Crippen LogP) is 3.29. The van der Waals surface area contributed by atoms with Crippen molar-refractivity contribution in [2.24, 2.45) is 0 Å². The summed E-state index contributed by atoms with van der Waals surface area (Å²) in [6.07, 6.45) is 2.08. The summed E-state index contributed by atoms with van der Waals surface area (Å²) in [5.41, 5.74) is 3.56. The summed E-state index contributed by atoms with van der Waals surface area (Å²) in [5.74, 6) is 0.787. The molecule has 0 spiro atoms. The van der Waals surface area contributed by atoms with Gasteiger partial charge in [-0.15, -0.1) is 0 Å². The average Bonchev–Trinajstić information content (AvgIpc) is 2.72. The molecule has 0 unspecified atom stereocenters. The minimum atomic E-state index is 0.787.